The minimum absolute atomic E-state index is 0.00408. The fraction of sp³-hybridized carbons (Fsp3) is 0.241. The molecule has 1 amide bonds. The maximum atomic E-state index is 12.4. The normalized spacial score (nSPS) is 11.2. The van der Waals surface area contributed by atoms with Crippen LogP contribution in [0.2, 0.25) is 0 Å². The minimum atomic E-state index is -3.94. The summed E-state index contributed by atoms with van der Waals surface area (Å²) in [4.78, 5) is 47.0. The van der Waals surface area contributed by atoms with Crippen LogP contribution >= 0.6 is 44.7 Å². The fourth-order valence-electron chi connectivity index (χ4n) is 9.88. The molecule has 0 bridgehead atoms. The van der Waals surface area contributed by atoms with Crippen molar-refractivity contribution in [1.82, 2.24) is 20.3 Å². The smallest absolute Gasteiger partial charge is 0.335 e. The number of ether oxygens (including phenoxy) is 6. The number of anilines is 3. The van der Waals surface area contributed by atoms with Crippen molar-refractivity contribution in [2.75, 3.05) is 110 Å². The van der Waals surface area contributed by atoms with Crippen LogP contribution in [0.25, 0.3) is 62.4 Å². The third-order valence-electron chi connectivity index (χ3n) is 15.5. The Bertz CT molecular complexity index is 5420. The average Bonchev–Trinajstić information content (AvgIpc) is 1.66. The van der Waals surface area contributed by atoms with E-state index in [1.807, 2.05) is 129 Å². The molecule has 0 fully saturated rings. The highest BCUT2D eigenvalue weighted by molar-refractivity contribution is 8.13. The van der Waals surface area contributed by atoms with E-state index in [4.69, 9.17) is 78.5 Å². The second-order valence-electron chi connectivity index (χ2n) is 23.8. The van der Waals surface area contributed by atoms with E-state index in [0.717, 1.165) is 128 Å². The second kappa shape index (κ2) is 45.0. The lowest BCUT2D eigenvalue weighted by molar-refractivity contribution is 0.0511. The number of hydrogen-bond donors (Lipinski definition) is 8. The number of halogens is 1. The van der Waals surface area contributed by atoms with Gasteiger partial charge in [0.05, 0.1) is 69.7 Å². The monoisotopic (exact) mass is 1690 g/mol. The third kappa shape index (κ3) is 27.8. The van der Waals surface area contributed by atoms with Crippen LogP contribution in [0.3, 0.4) is 0 Å². The van der Waals surface area contributed by atoms with Crippen molar-refractivity contribution in [3.63, 3.8) is 0 Å². The number of methoxy groups -OCH3 is 3. The molecule has 28 nitrogen and oxygen atoms in total. The zero-order valence-corrected chi connectivity index (χ0v) is 68.1. The number of amides is 1. The summed E-state index contributed by atoms with van der Waals surface area (Å²) in [5.41, 5.74) is 14.0. The number of carbonyl (C=O) groups is 3. The van der Waals surface area contributed by atoms with Crippen LogP contribution in [0, 0.1) is 0 Å². The van der Waals surface area contributed by atoms with E-state index in [1.54, 1.807) is 55.3 Å². The number of aromatic nitrogens is 3. The molecule has 35 heteroatoms. The van der Waals surface area contributed by atoms with Gasteiger partial charge in [0.2, 0.25) is 0 Å². The van der Waals surface area contributed by atoms with Crippen molar-refractivity contribution in [2.45, 2.75) is 47.8 Å². The number of fused-ring (bicyclic) bond motifs is 3. The summed E-state index contributed by atoms with van der Waals surface area (Å²) in [5, 5.41) is 41.5. The van der Waals surface area contributed by atoms with E-state index >= 15 is 0 Å². The number of nitrogens with two attached hydrogens (primary N) is 1. The Balaban J connectivity index is 0.000000198. The summed E-state index contributed by atoms with van der Waals surface area (Å²) >= 11 is 4.80. The Morgan fingerprint density at radius 1 is 0.439 bits per heavy atom. The van der Waals surface area contributed by atoms with Crippen molar-refractivity contribution in [2.24, 2.45) is 5.73 Å². The Labute approximate surface area is 676 Å². The first-order valence-electron chi connectivity index (χ1n) is 35.1. The molecular weight excluding hydrogens is 1610 g/mol. The van der Waals surface area contributed by atoms with Crippen molar-refractivity contribution >= 4 is 140 Å². The molecule has 0 aliphatic heterocycles. The number of carboxylic acids is 2. The summed E-state index contributed by atoms with van der Waals surface area (Å²) < 4.78 is 115. The molecule has 604 valence electrons. The van der Waals surface area contributed by atoms with Gasteiger partial charge in [-0.1, -0.05) is 6.92 Å². The first-order valence-corrected chi connectivity index (χ1v) is 42.6. The molecular formula is C79H85ClN8O20S6. The molecule has 114 heavy (non-hydrogen) atoms. The number of carbonyl (C=O) groups excluding carboxylic acids is 1. The molecule has 9 aromatic carbocycles. The number of nitrogens with zero attached hydrogens (tertiary/aromatic N) is 3. The number of aromatic carboxylic acids is 2. The van der Waals surface area contributed by atoms with Crippen LogP contribution in [0.5, 0.6) is 17.2 Å². The SMILES string of the molecule is CCN.CCNC(=O)c1ccc(S(=O)(=O)OCCCNc2ccc(-c3nc4ccc(OCOC)cc4s3)cc2)cc1.COCOc1ccc2nc(-c3ccc(NCCCO)cc3)sc2c1.COCOc1ccc2nc(-c3ccc(NCCCOS(=O)(=O)c4ccc(C(=O)O)cc4)cc3)sc2c1.O=C(O)c1ccc(S(=O)(=O)Cl)cc1. The Morgan fingerprint density at radius 3 is 1.04 bits per heavy atom. The van der Waals surface area contributed by atoms with E-state index in [2.05, 4.69) is 38.4 Å². The summed E-state index contributed by atoms with van der Waals surface area (Å²) in [5.74, 6) is -0.242. The van der Waals surface area contributed by atoms with Gasteiger partial charge in [-0.25, -0.2) is 33.0 Å². The highest BCUT2D eigenvalue weighted by Crippen LogP contribution is 2.36. The predicted molar refractivity (Wildman–Crippen MR) is 444 cm³/mol. The van der Waals surface area contributed by atoms with Gasteiger partial charge in [-0.05, 0) is 233 Å². The molecule has 0 spiro atoms. The Hall–Kier alpha value is -10.3. The van der Waals surface area contributed by atoms with Crippen LogP contribution in [0.1, 0.15) is 64.2 Å². The number of carboxylic acid groups (broad SMARTS) is 2. The van der Waals surface area contributed by atoms with E-state index in [-0.39, 0.29) is 71.9 Å². The number of aliphatic hydroxyl groups is 1. The molecule has 0 aliphatic rings. The molecule has 0 saturated carbocycles. The molecule has 0 saturated heterocycles. The summed E-state index contributed by atoms with van der Waals surface area (Å²) in [6, 6.07) is 56.5. The van der Waals surface area contributed by atoms with Gasteiger partial charge in [-0.3, -0.25) is 13.2 Å². The molecule has 0 unspecified atom stereocenters. The number of thiazole rings is 3. The molecule has 12 aromatic rings. The maximum Gasteiger partial charge on any atom is 0.335 e. The number of aliphatic hydroxyl groups excluding tert-OH is 1. The van der Waals surface area contributed by atoms with Crippen molar-refractivity contribution in [3.05, 3.63) is 217 Å². The highest BCUT2D eigenvalue weighted by atomic mass is 35.7. The van der Waals surface area contributed by atoms with Gasteiger partial charge in [-0.15, -0.1) is 34.0 Å². The van der Waals surface area contributed by atoms with Crippen LogP contribution in [-0.2, 0) is 51.9 Å². The number of benzene rings is 9. The lowest BCUT2D eigenvalue weighted by Crippen LogP contribution is -2.22. The quantitative estimate of drug-likeness (QED) is 0.00791. The van der Waals surface area contributed by atoms with Crippen LogP contribution in [0.4, 0.5) is 17.1 Å². The lowest BCUT2D eigenvalue weighted by atomic mass is 10.2. The van der Waals surface area contributed by atoms with E-state index in [0.29, 0.717) is 38.0 Å². The highest BCUT2D eigenvalue weighted by Gasteiger charge is 2.19. The molecule has 9 N–H and O–H groups in total. The first-order chi connectivity index (χ1) is 54.9. The van der Waals surface area contributed by atoms with Gasteiger partial charge >= 0.3 is 11.9 Å². The summed E-state index contributed by atoms with van der Waals surface area (Å²) in [7, 11) is -1.83. The van der Waals surface area contributed by atoms with Crippen LogP contribution < -0.4 is 41.2 Å². The van der Waals surface area contributed by atoms with Gasteiger partial charge in [0, 0.05) is 104 Å². The molecule has 12 rings (SSSR count). The maximum absolute atomic E-state index is 12.4. The number of nitrogens with one attached hydrogen (secondary N) is 4. The largest absolute Gasteiger partial charge is 0.478 e. The van der Waals surface area contributed by atoms with Crippen LogP contribution in [-0.4, -0.2) is 168 Å². The first kappa shape index (κ1) is 89.3. The fourth-order valence-corrected chi connectivity index (χ4v) is 15.5. The van der Waals surface area contributed by atoms with Gasteiger partial charge < -0.3 is 70.7 Å². The third-order valence-corrected chi connectivity index (χ3v) is 22.7. The molecule has 0 radical (unpaired) electrons. The standard InChI is InChI=1S/C27H29N3O6S2.C25H24N2O7S2.C18H20N2O3S.C7H5ClO4S.C2H7N/c1-3-28-26(31)19-7-12-23(13-8-19)38(32,33)36-16-4-15-29-21-9-5-20(6-10-21)27-30-24-14-11-22(35-18-34-2)17-25(24)37-27;1-32-16-33-20-9-12-22-23(15-20)35-24(27-22)17-3-7-19(8-4-17)26-13-2-14-34-36(30,31)21-10-5-18(6-11-21)25(28)29;1-22-12-23-15-7-8-16-17(11-15)24-18(20-16)13-3-5-14(6-4-13)19-9-2-10-21;8-13(11,12)6-3-1-5(2-4-6)7(9)10;1-2-3/h5-14,17,29H,3-4,15-16,18H2,1-2H3,(H,28,31);3-12,15,26H,2,13-14,16H2,1H3,(H,28,29);3-8,11,19,21H,2,9-10,12H2,1H3;1-4H,(H,9,10);2-3H2,1H3. The van der Waals surface area contributed by atoms with E-state index in [9.17, 15) is 39.6 Å². The van der Waals surface area contributed by atoms with Gasteiger partial charge in [0.1, 0.15) is 32.3 Å². The topological polar surface area (TPSA) is 401 Å². The zero-order valence-electron chi connectivity index (χ0n) is 62.5. The number of hydrogen-bond acceptors (Lipinski definition) is 28. The van der Waals surface area contributed by atoms with E-state index in [1.165, 1.54) is 60.7 Å². The average molecular weight is 1690 g/mol. The van der Waals surface area contributed by atoms with Gasteiger partial charge in [0.25, 0.3) is 35.2 Å². The van der Waals surface area contributed by atoms with Crippen molar-refractivity contribution in [1.29, 1.82) is 0 Å². The number of rotatable bonds is 35. The minimum Gasteiger partial charge on any atom is -0.478 e. The zero-order chi connectivity index (χ0) is 82.1. The summed E-state index contributed by atoms with van der Waals surface area (Å²) in [6.45, 7) is 7.64. The van der Waals surface area contributed by atoms with Crippen molar-refractivity contribution in [3.8, 4) is 49.0 Å². The molecule has 0 atom stereocenters. The predicted octanol–water partition coefficient (Wildman–Crippen LogP) is 14.8. The summed E-state index contributed by atoms with van der Waals surface area (Å²) in [6.07, 6.45) is 1.69. The lowest BCUT2D eigenvalue weighted by Gasteiger charge is -2.09. The molecule has 0 aliphatic carbocycles. The second-order valence-corrected chi connectivity index (χ2v) is 32.7. The van der Waals surface area contributed by atoms with Crippen LogP contribution in [0.15, 0.2) is 215 Å². The molecule has 3 aromatic heterocycles. The Kier molecular flexibility index (Phi) is 35.2. The van der Waals surface area contributed by atoms with Gasteiger partial charge in [-0.2, -0.15) is 16.8 Å². The van der Waals surface area contributed by atoms with Gasteiger partial charge in [0.15, 0.2) is 20.4 Å². The van der Waals surface area contributed by atoms with Crippen molar-refractivity contribution < 1.29 is 91.7 Å². The van der Waals surface area contributed by atoms with E-state index < -0.39 is 41.2 Å². The molecule has 3 heterocycles. The Morgan fingerprint density at radius 2 is 0.746 bits per heavy atom.